The van der Waals surface area contributed by atoms with E-state index in [9.17, 15) is 14.7 Å². The summed E-state index contributed by atoms with van der Waals surface area (Å²) in [5, 5.41) is 12.4. The van der Waals surface area contributed by atoms with Crippen molar-refractivity contribution in [2.75, 3.05) is 18.0 Å². The van der Waals surface area contributed by atoms with Gasteiger partial charge in [-0.15, -0.1) is 0 Å². The molecule has 0 radical (unpaired) electrons. The molecular formula is C18H24N2O3. The molecule has 1 aliphatic heterocycles. The average molecular weight is 316 g/mol. The fraction of sp³-hybridized carbons (Fsp3) is 0.556. The van der Waals surface area contributed by atoms with Crippen LogP contribution in [0.1, 0.15) is 44.1 Å². The number of aliphatic hydroxyl groups excluding tert-OH is 1. The van der Waals surface area contributed by atoms with Gasteiger partial charge in [-0.3, -0.25) is 9.59 Å². The Labute approximate surface area is 136 Å². The van der Waals surface area contributed by atoms with Crippen LogP contribution in [0.2, 0.25) is 0 Å². The standard InChI is InChI=1S/C18H24N2O3/c1-12-11-20(16-8-3-2-7-15(12)16)18(23)17(22)19-10-13-5-4-6-14(21)9-13/h2-3,7-8,12-14,21H,4-6,9-11H2,1H3,(H,19,22). The van der Waals surface area contributed by atoms with Crippen LogP contribution in [0, 0.1) is 5.92 Å². The third kappa shape index (κ3) is 3.39. The Morgan fingerprint density at radius 1 is 1.30 bits per heavy atom. The number of para-hydroxylation sites is 1. The van der Waals surface area contributed by atoms with Crippen LogP contribution >= 0.6 is 0 Å². The predicted octanol–water partition coefficient (Wildman–Crippen LogP) is 1.80. The zero-order valence-electron chi connectivity index (χ0n) is 13.5. The molecular weight excluding hydrogens is 292 g/mol. The molecule has 124 valence electrons. The number of anilines is 1. The summed E-state index contributed by atoms with van der Waals surface area (Å²) in [5.41, 5.74) is 1.96. The van der Waals surface area contributed by atoms with Crippen LogP contribution in [0.3, 0.4) is 0 Å². The number of carbonyl (C=O) groups excluding carboxylic acids is 2. The molecule has 5 heteroatoms. The van der Waals surface area contributed by atoms with E-state index in [1.54, 1.807) is 4.90 Å². The first-order valence-electron chi connectivity index (χ1n) is 8.43. The maximum absolute atomic E-state index is 12.5. The van der Waals surface area contributed by atoms with E-state index in [2.05, 4.69) is 12.2 Å². The molecule has 23 heavy (non-hydrogen) atoms. The summed E-state index contributed by atoms with van der Waals surface area (Å²) in [4.78, 5) is 26.2. The summed E-state index contributed by atoms with van der Waals surface area (Å²) in [6.07, 6.45) is 3.25. The fourth-order valence-electron chi connectivity index (χ4n) is 3.70. The molecule has 1 heterocycles. The molecule has 1 aromatic rings. The molecule has 3 unspecified atom stereocenters. The lowest BCUT2D eigenvalue weighted by atomic mass is 9.87. The molecule has 2 aliphatic rings. The summed E-state index contributed by atoms with van der Waals surface area (Å²) in [7, 11) is 0. The van der Waals surface area contributed by atoms with Crippen LogP contribution in [0.25, 0.3) is 0 Å². The van der Waals surface area contributed by atoms with E-state index in [1.165, 1.54) is 0 Å². The first kappa shape index (κ1) is 16.0. The molecule has 5 nitrogen and oxygen atoms in total. The van der Waals surface area contributed by atoms with Crippen molar-refractivity contribution < 1.29 is 14.7 Å². The Bertz CT molecular complexity index is 602. The molecule has 1 fully saturated rings. The number of carbonyl (C=O) groups is 2. The van der Waals surface area contributed by atoms with Gasteiger partial charge < -0.3 is 15.3 Å². The second kappa shape index (κ2) is 6.71. The van der Waals surface area contributed by atoms with Gasteiger partial charge in [0.1, 0.15) is 0 Å². The number of fused-ring (bicyclic) bond motifs is 1. The topological polar surface area (TPSA) is 69.6 Å². The van der Waals surface area contributed by atoms with Crippen LogP contribution in [0.4, 0.5) is 5.69 Å². The summed E-state index contributed by atoms with van der Waals surface area (Å²) in [6, 6.07) is 7.74. The van der Waals surface area contributed by atoms with Crippen molar-refractivity contribution in [1.82, 2.24) is 5.32 Å². The summed E-state index contributed by atoms with van der Waals surface area (Å²) in [6.45, 7) is 3.08. The van der Waals surface area contributed by atoms with Crippen molar-refractivity contribution in [2.45, 2.75) is 44.6 Å². The van der Waals surface area contributed by atoms with Gasteiger partial charge in [-0.1, -0.05) is 31.5 Å². The van der Waals surface area contributed by atoms with E-state index in [1.807, 2.05) is 24.3 Å². The first-order chi connectivity index (χ1) is 11.1. The van der Waals surface area contributed by atoms with Crippen molar-refractivity contribution in [3.8, 4) is 0 Å². The molecule has 2 N–H and O–H groups in total. The number of nitrogens with one attached hydrogen (secondary N) is 1. The van der Waals surface area contributed by atoms with E-state index in [0.29, 0.717) is 19.5 Å². The fourth-order valence-corrected chi connectivity index (χ4v) is 3.70. The van der Waals surface area contributed by atoms with Crippen LogP contribution < -0.4 is 10.2 Å². The molecule has 0 aromatic heterocycles. The van der Waals surface area contributed by atoms with Gasteiger partial charge in [-0.2, -0.15) is 0 Å². The first-order valence-corrected chi connectivity index (χ1v) is 8.43. The smallest absolute Gasteiger partial charge is 0.316 e. The highest BCUT2D eigenvalue weighted by Gasteiger charge is 2.33. The Kier molecular flexibility index (Phi) is 4.66. The van der Waals surface area contributed by atoms with Gasteiger partial charge in [-0.05, 0) is 36.8 Å². The molecule has 3 atom stereocenters. The quantitative estimate of drug-likeness (QED) is 0.818. The minimum atomic E-state index is -0.547. The van der Waals surface area contributed by atoms with Crippen molar-refractivity contribution in [1.29, 1.82) is 0 Å². The Morgan fingerprint density at radius 3 is 2.87 bits per heavy atom. The van der Waals surface area contributed by atoms with Gasteiger partial charge in [0, 0.05) is 24.7 Å². The summed E-state index contributed by atoms with van der Waals surface area (Å²) >= 11 is 0. The number of rotatable bonds is 2. The Balaban J connectivity index is 1.59. The molecule has 2 amide bonds. The molecule has 1 aliphatic carbocycles. The molecule has 3 rings (SSSR count). The molecule has 0 spiro atoms. The van der Waals surface area contributed by atoms with Gasteiger partial charge >= 0.3 is 11.8 Å². The van der Waals surface area contributed by atoms with Crippen LogP contribution in [0.5, 0.6) is 0 Å². The zero-order chi connectivity index (χ0) is 16.4. The van der Waals surface area contributed by atoms with E-state index in [4.69, 9.17) is 0 Å². The van der Waals surface area contributed by atoms with Crippen LogP contribution in [-0.4, -0.2) is 36.1 Å². The predicted molar refractivity (Wildman–Crippen MR) is 88.2 cm³/mol. The maximum atomic E-state index is 12.5. The number of hydrogen-bond acceptors (Lipinski definition) is 3. The zero-order valence-corrected chi connectivity index (χ0v) is 13.5. The van der Waals surface area contributed by atoms with Crippen molar-refractivity contribution >= 4 is 17.5 Å². The summed E-state index contributed by atoms with van der Waals surface area (Å²) < 4.78 is 0. The van der Waals surface area contributed by atoms with Gasteiger partial charge in [-0.25, -0.2) is 0 Å². The SMILES string of the molecule is CC1CN(C(=O)C(=O)NCC2CCCC(O)C2)c2ccccc21. The minimum absolute atomic E-state index is 0.247. The van der Waals surface area contributed by atoms with Crippen molar-refractivity contribution in [3.05, 3.63) is 29.8 Å². The maximum Gasteiger partial charge on any atom is 0.316 e. The highest BCUT2D eigenvalue weighted by Crippen LogP contribution is 2.35. The van der Waals surface area contributed by atoms with E-state index in [0.717, 1.165) is 30.5 Å². The highest BCUT2D eigenvalue weighted by atomic mass is 16.3. The van der Waals surface area contributed by atoms with Gasteiger partial charge in [0.25, 0.3) is 0 Å². The molecule has 1 saturated carbocycles. The van der Waals surface area contributed by atoms with Crippen LogP contribution in [-0.2, 0) is 9.59 Å². The summed E-state index contributed by atoms with van der Waals surface area (Å²) in [5.74, 6) is -0.524. The average Bonchev–Trinajstić information content (AvgIpc) is 2.89. The van der Waals surface area contributed by atoms with Crippen LogP contribution in [0.15, 0.2) is 24.3 Å². The third-order valence-electron chi connectivity index (χ3n) is 4.96. The van der Waals surface area contributed by atoms with Gasteiger partial charge in [0.2, 0.25) is 0 Å². The number of hydrogen-bond donors (Lipinski definition) is 2. The normalized spacial score (nSPS) is 26.7. The van der Waals surface area contributed by atoms with E-state index >= 15 is 0 Å². The van der Waals surface area contributed by atoms with Gasteiger partial charge in [0.05, 0.1) is 6.10 Å². The second-order valence-corrected chi connectivity index (χ2v) is 6.77. The number of amides is 2. The van der Waals surface area contributed by atoms with Gasteiger partial charge in [0.15, 0.2) is 0 Å². The highest BCUT2D eigenvalue weighted by molar-refractivity contribution is 6.40. The number of aliphatic hydroxyl groups is 1. The number of benzene rings is 1. The third-order valence-corrected chi connectivity index (χ3v) is 4.96. The lowest BCUT2D eigenvalue weighted by molar-refractivity contribution is -0.137. The van der Waals surface area contributed by atoms with Crippen molar-refractivity contribution in [3.63, 3.8) is 0 Å². The Hall–Kier alpha value is -1.88. The lowest BCUT2D eigenvalue weighted by Crippen LogP contribution is -2.44. The largest absolute Gasteiger partial charge is 0.393 e. The molecule has 0 saturated heterocycles. The minimum Gasteiger partial charge on any atom is -0.393 e. The van der Waals surface area contributed by atoms with E-state index in [-0.39, 0.29) is 17.9 Å². The number of nitrogens with zero attached hydrogens (tertiary/aromatic N) is 1. The molecule has 1 aromatic carbocycles. The Morgan fingerprint density at radius 2 is 2.09 bits per heavy atom. The monoisotopic (exact) mass is 316 g/mol. The lowest BCUT2D eigenvalue weighted by Gasteiger charge is -2.26. The second-order valence-electron chi connectivity index (χ2n) is 6.77. The van der Waals surface area contributed by atoms with E-state index < -0.39 is 11.8 Å². The van der Waals surface area contributed by atoms with Crippen molar-refractivity contribution in [2.24, 2.45) is 5.92 Å². The molecule has 0 bridgehead atoms.